The summed E-state index contributed by atoms with van der Waals surface area (Å²) < 4.78 is 0. The van der Waals surface area contributed by atoms with E-state index in [9.17, 15) is 0 Å². The van der Waals surface area contributed by atoms with Gasteiger partial charge in [0.15, 0.2) is 17.0 Å². The highest BCUT2D eigenvalue weighted by molar-refractivity contribution is 5.81. The first-order valence-corrected chi connectivity index (χ1v) is 7.41. The van der Waals surface area contributed by atoms with Crippen molar-refractivity contribution in [3.05, 3.63) is 41.7 Å². The first-order chi connectivity index (χ1) is 11.0. The second-order valence-electron chi connectivity index (χ2n) is 5.63. The van der Waals surface area contributed by atoms with E-state index < -0.39 is 0 Å². The summed E-state index contributed by atoms with van der Waals surface area (Å²) in [5.41, 5.74) is 15.3. The molecular formula is C17H23N7. The molecule has 126 valence electrons. The monoisotopic (exact) mass is 325 g/mol. The van der Waals surface area contributed by atoms with Crippen LogP contribution in [-0.2, 0) is 6.54 Å². The molecule has 3 rings (SSSR count). The zero-order valence-electron chi connectivity index (χ0n) is 13.1. The van der Waals surface area contributed by atoms with Gasteiger partial charge in [0.05, 0.1) is 18.4 Å². The van der Waals surface area contributed by atoms with Crippen LogP contribution in [0.2, 0.25) is 0 Å². The van der Waals surface area contributed by atoms with Crippen LogP contribution in [0.5, 0.6) is 0 Å². The van der Waals surface area contributed by atoms with Gasteiger partial charge in [-0.25, -0.2) is 9.97 Å². The van der Waals surface area contributed by atoms with Gasteiger partial charge in [0.1, 0.15) is 0 Å². The van der Waals surface area contributed by atoms with Crippen molar-refractivity contribution in [2.75, 3.05) is 16.8 Å². The SMILES string of the molecule is C.CC(C)c1ccc(NCc2cnc3nc(N)nc(N)c3n2)cc1. The third-order valence-corrected chi connectivity index (χ3v) is 3.55. The molecule has 0 radical (unpaired) electrons. The Bertz CT molecular complexity index is 828. The number of fused-ring (bicyclic) bond motifs is 1. The number of rotatable bonds is 4. The summed E-state index contributed by atoms with van der Waals surface area (Å²) in [7, 11) is 0. The van der Waals surface area contributed by atoms with Crippen molar-refractivity contribution in [2.24, 2.45) is 0 Å². The van der Waals surface area contributed by atoms with Crippen LogP contribution in [0.1, 0.15) is 38.4 Å². The summed E-state index contributed by atoms with van der Waals surface area (Å²) in [6.45, 7) is 4.88. The minimum absolute atomic E-state index is 0. The fourth-order valence-electron chi connectivity index (χ4n) is 2.25. The zero-order valence-corrected chi connectivity index (χ0v) is 13.1. The minimum Gasteiger partial charge on any atom is -0.382 e. The number of hydrogen-bond donors (Lipinski definition) is 3. The molecule has 2 heterocycles. The topological polar surface area (TPSA) is 116 Å². The van der Waals surface area contributed by atoms with Crippen LogP contribution in [0.15, 0.2) is 30.5 Å². The van der Waals surface area contributed by atoms with E-state index in [0.717, 1.165) is 11.4 Å². The van der Waals surface area contributed by atoms with Crippen LogP contribution < -0.4 is 16.8 Å². The number of benzene rings is 1. The number of nitrogens with zero attached hydrogens (tertiary/aromatic N) is 4. The molecular weight excluding hydrogens is 302 g/mol. The van der Waals surface area contributed by atoms with Gasteiger partial charge < -0.3 is 16.8 Å². The molecule has 0 saturated heterocycles. The van der Waals surface area contributed by atoms with Gasteiger partial charge in [0.25, 0.3) is 0 Å². The third kappa shape index (κ3) is 3.68. The van der Waals surface area contributed by atoms with Gasteiger partial charge in [0.2, 0.25) is 5.95 Å². The molecule has 0 bridgehead atoms. The normalized spacial score (nSPS) is 10.6. The summed E-state index contributed by atoms with van der Waals surface area (Å²) in [4.78, 5) is 16.6. The van der Waals surface area contributed by atoms with Crippen molar-refractivity contribution < 1.29 is 0 Å². The number of nitrogens with two attached hydrogens (primary N) is 2. The van der Waals surface area contributed by atoms with Gasteiger partial charge in [-0.1, -0.05) is 33.4 Å². The lowest BCUT2D eigenvalue weighted by Gasteiger charge is -2.09. The van der Waals surface area contributed by atoms with E-state index in [1.54, 1.807) is 6.20 Å². The van der Waals surface area contributed by atoms with E-state index >= 15 is 0 Å². The van der Waals surface area contributed by atoms with Gasteiger partial charge in [0, 0.05) is 5.69 Å². The number of nitrogen functional groups attached to an aromatic ring is 2. The maximum atomic E-state index is 5.82. The summed E-state index contributed by atoms with van der Waals surface area (Å²) in [6, 6.07) is 8.35. The van der Waals surface area contributed by atoms with Gasteiger partial charge in [-0.05, 0) is 23.6 Å². The molecule has 24 heavy (non-hydrogen) atoms. The average molecular weight is 325 g/mol. The fraction of sp³-hybridized carbons (Fsp3) is 0.294. The van der Waals surface area contributed by atoms with Gasteiger partial charge in [-0.3, -0.25) is 0 Å². The molecule has 2 aromatic heterocycles. The first-order valence-electron chi connectivity index (χ1n) is 7.41. The molecule has 0 amide bonds. The molecule has 0 spiro atoms. The summed E-state index contributed by atoms with van der Waals surface area (Å²) in [5, 5.41) is 3.31. The lowest BCUT2D eigenvalue weighted by atomic mass is 10.0. The van der Waals surface area contributed by atoms with Gasteiger partial charge in [-0.15, -0.1) is 0 Å². The maximum Gasteiger partial charge on any atom is 0.224 e. The Morgan fingerprint density at radius 2 is 1.75 bits per heavy atom. The molecule has 0 aliphatic rings. The number of aromatic nitrogens is 4. The zero-order chi connectivity index (χ0) is 16.4. The largest absolute Gasteiger partial charge is 0.382 e. The van der Waals surface area contributed by atoms with E-state index in [1.165, 1.54) is 5.56 Å². The summed E-state index contributed by atoms with van der Waals surface area (Å²) >= 11 is 0. The lowest BCUT2D eigenvalue weighted by Crippen LogP contribution is -2.07. The maximum absolute atomic E-state index is 5.82. The second-order valence-corrected chi connectivity index (χ2v) is 5.63. The Balaban J connectivity index is 0.00000208. The van der Waals surface area contributed by atoms with Crippen molar-refractivity contribution in [2.45, 2.75) is 33.7 Å². The van der Waals surface area contributed by atoms with Crippen molar-refractivity contribution in [1.82, 2.24) is 19.9 Å². The van der Waals surface area contributed by atoms with Crippen LogP contribution in [0.3, 0.4) is 0 Å². The van der Waals surface area contributed by atoms with Crippen molar-refractivity contribution >= 4 is 28.6 Å². The van der Waals surface area contributed by atoms with E-state index in [0.29, 0.717) is 23.6 Å². The van der Waals surface area contributed by atoms with Crippen LogP contribution >= 0.6 is 0 Å². The second kappa shape index (κ2) is 7.08. The first kappa shape index (κ1) is 17.4. The minimum atomic E-state index is 0. The van der Waals surface area contributed by atoms with E-state index in [4.69, 9.17) is 11.5 Å². The van der Waals surface area contributed by atoms with E-state index in [-0.39, 0.29) is 19.2 Å². The molecule has 7 heteroatoms. The predicted octanol–water partition coefficient (Wildman–Crippen LogP) is 2.96. The molecule has 0 unspecified atom stereocenters. The van der Waals surface area contributed by atoms with Crippen molar-refractivity contribution in [3.63, 3.8) is 0 Å². The highest BCUT2D eigenvalue weighted by atomic mass is 15.1. The quantitative estimate of drug-likeness (QED) is 0.675. The van der Waals surface area contributed by atoms with Crippen LogP contribution in [0, 0.1) is 0 Å². The third-order valence-electron chi connectivity index (χ3n) is 3.55. The number of anilines is 3. The number of hydrogen-bond acceptors (Lipinski definition) is 7. The molecule has 0 aliphatic heterocycles. The summed E-state index contributed by atoms with van der Waals surface area (Å²) in [6.07, 6.45) is 1.66. The molecule has 7 nitrogen and oxygen atoms in total. The van der Waals surface area contributed by atoms with Crippen LogP contribution in [0.25, 0.3) is 11.2 Å². The van der Waals surface area contributed by atoms with Gasteiger partial charge >= 0.3 is 0 Å². The Kier molecular flexibility index (Phi) is 5.13. The Morgan fingerprint density at radius 3 is 2.42 bits per heavy atom. The smallest absolute Gasteiger partial charge is 0.224 e. The molecule has 0 saturated carbocycles. The van der Waals surface area contributed by atoms with Crippen molar-refractivity contribution in [3.8, 4) is 0 Å². The molecule has 0 aliphatic carbocycles. The molecule has 3 aromatic rings. The Morgan fingerprint density at radius 1 is 1.04 bits per heavy atom. The standard InChI is InChI=1S/C16H19N7.CH4/c1-9(2)10-3-5-11(6-4-10)19-7-12-8-20-15-13(21-12)14(17)22-16(18)23-15;/h3-6,8-9,19H,7H2,1-2H3,(H4,17,18,20,22,23);1H4. The fourth-order valence-corrected chi connectivity index (χ4v) is 2.25. The summed E-state index contributed by atoms with van der Waals surface area (Å²) in [5.74, 6) is 0.856. The van der Waals surface area contributed by atoms with E-state index in [1.807, 2.05) is 0 Å². The van der Waals surface area contributed by atoms with E-state index in [2.05, 4.69) is 63.4 Å². The predicted molar refractivity (Wildman–Crippen MR) is 98.5 cm³/mol. The molecule has 0 fully saturated rings. The highest BCUT2D eigenvalue weighted by Gasteiger charge is 2.07. The Hall–Kier alpha value is -2.96. The van der Waals surface area contributed by atoms with Crippen LogP contribution in [-0.4, -0.2) is 19.9 Å². The molecule has 1 aromatic carbocycles. The lowest BCUT2D eigenvalue weighted by molar-refractivity contribution is 0.866. The number of nitrogens with one attached hydrogen (secondary N) is 1. The highest BCUT2D eigenvalue weighted by Crippen LogP contribution is 2.18. The van der Waals surface area contributed by atoms with Crippen molar-refractivity contribution in [1.29, 1.82) is 0 Å². The van der Waals surface area contributed by atoms with Crippen LogP contribution in [0.4, 0.5) is 17.5 Å². The van der Waals surface area contributed by atoms with Gasteiger partial charge in [-0.2, -0.15) is 9.97 Å². The molecule has 5 N–H and O–H groups in total. The Labute approximate surface area is 141 Å². The average Bonchev–Trinajstić information content (AvgIpc) is 2.53. The molecule has 0 atom stereocenters.